The van der Waals surface area contributed by atoms with E-state index in [4.69, 9.17) is 14.8 Å². The third kappa shape index (κ3) is 3.80. The SMILES string of the molecule is N#Cc1ccc(-n2c(SCc3cc(-c4ccccc4)no3)nc3ccccc3c2=O)cc1. The lowest BCUT2D eigenvalue weighted by atomic mass is 10.1. The monoisotopic (exact) mass is 436 g/mol. The minimum Gasteiger partial charge on any atom is -0.360 e. The van der Waals surface area contributed by atoms with E-state index in [1.165, 1.54) is 11.8 Å². The van der Waals surface area contributed by atoms with Gasteiger partial charge in [0.25, 0.3) is 5.56 Å². The third-order valence-corrected chi connectivity index (χ3v) is 5.93. The largest absolute Gasteiger partial charge is 0.360 e. The van der Waals surface area contributed by atoms with Crippen LogP contribution in [0.25, 0.3) is 27.8 Å². The first-order chi connectivity index (χ1) is 15.7. The number of hydrogen-bond acceptors (Lipinski definition) is 6. The first-order valence-electron chi connectivity index (χ1n) is 9.89. The molecule has 0 aliphatic heterocycles. The molecule has 0 aliphatic rings. The molecule has 2 heterocycles. The number of aromatic nitrogens is 3. The van der Waals surface area contributed by atoms with Gasteiger partial charge in [-0.25, -0.2) is 4.98 Å². The van der Waals surface area contributed by atoms with Gasteiger partial charge in [0.15, 0.2) is 5.16 Å². The highest BCUT2D eigenvalue weighted by atomic mass is 32.2. The fourth-order valence-electron chi connectivity index (χ4n) is 3.38. The molecule has 7 heteroatoms. The number of rotatable bonds is 5. The minimum atomic E-state index is -0.162. The Balaban J connectivity index is 1.52. The van der Waals surface area contributed by atoms with Crippen molar-refractivity contribution in [2.45, 2.75) is 10.9 Å². The van der Waals surface area contributed by atoms with Crippen molar-refractivity contribution in [1.29, 1.82) is 5.26 Å². The summed E-state index contributed by atoms with van der Waals surface area (Å²) in [6.45, 7) is 0. The van der Waals surface area contributed by atoms with Gasteiger partial charge in [-0.05, 0) is 36.4 Å². The molecule has 0 saturated heterocycles. The zero-order valence-corrected chi connectivity index (χ0v) is 17.6. The van der Waals surface area contributed by atoms with E-state index in [0.29, 0.717) is 38.8 Å². The Kier molecular flexibility index (Phi) is 5.28. The first kappa shape index (κ1) is 19.8. The number of benzene rings is 3. The molecule has 0 saturated carbocycles. The van der Waals surface area contributed by atoms with Gasteiger partial charge >= 0.3 is 0 Å². The van der Waals surface area contributed by atoms with Crippen LogP contribution < -0.4 is 5.56 Å². The molecule has 5 aromatic rings. The summed E-state index contributed by atoms with van der Waals surface area (Å²) in [4.78, 5) is 18.0. The van der Waals surface area contributed by atoms with E-state index in [9.17, 15) is 4.79 Å². The molecule has 0 N–H and O–H groups in total. The molecule has 0 amide bonds. The summed E-state index contributed by atoms with van der Waals surface area (Å²) in [5, 5.41) is 14.3. The van der Waals surface area contributed by atoms with E-state index in [2.05, 4.69) is 11.2 Å². The van der Waals surface area contributed by atoms with E-state index >= 15 is 0 Å². The maximum Gasteiger partial charge on any atom is 0.266 e. The molecule has 0 unspecified atom stereocenters. The topological polar surface area (TPSA) is 84.7 Å². The summed E-state index contributed by atoms with van der Waals surface area (Å²) < 4.78 is 7.08. The van der Waals surface area contributed by atoms with Gasteiger partial charge in [-0.2, -0.15) is 5.26 Å². The lowest BCUT2D eigenvalue weighted by Crippen LogP contribution is -2.21. The van der Waals surface area contributed by atoms with Crippen molar-refractivity contribution in [3.8, 4) is 23.0 Å². The maximum absolute atomic E-state index is 13.3. The Labute approximate surface area is 187 Å². The molecule has 0 fully saturated rings. The predicted molar refractivity (Wildman–Crippen MR) is 124 cm³/mol. The second-order valence-electron chi connectivity index (χ2n) is 7.04. The first-order valence-corrected chi connectivity index (χ1v) is 10.9. The highest BCUT2D eigenvalue weighted by Gasteiger charge is 2.15. The summed E-state index contributed by atoms with van der Waals surface area (Å²) in [6, 6.07) is 28.0. The molecular formula is C25H16N4O2S. The highest BCUT2D eigenvalue weighted by molar-refractivity contribution is 7.98. The van der Waals surface area contributed by atoms with Crippen LogP contribution in [0, 0.1) is 11.3 Å². The van der Waals surface area contributed by atoms with Crippen LogP contribution in [0.5, 0.6) is 0 Å². The van der Waals surface area contributed by atoms with Crippen molar-refractivity contribution in [2.75, 3.05) is 0 Å². The second-order valence-corrected chi connectivity index (χ2v) is 7.99. The van der Waals surface area contributed by atoms with Gasteiger partial charge in [0.2, 0.25) is 0 Å². The predicted octanol–water partition coefficient (Wildman–Crippen LogP) is 5.20. The van der Waals surface area contributed by atoms with E-state index in [1.54, 1.807) is 34.9 Å². The van der Waals surface area contributed by atoms with E-state index in [1.807, 2.05) is 54.6 Å². The molecule has 0 spiro atoms. The summed E-state index contributed by atoms with van der Waals surface area (Å²) in [5.41, 5.74) is 3.39. The zero-order valence-electron chi connectivity index (χ0n) is 16.8. The van der Waals surface area contributed by atoms with Crippen molar-refractivity contribution in [3.63, 3.8) is 0 Å². The van der Waals surface area contributed by atoms with Gasteiger partial charge in [-0.1, -0.05) is 59.4 Å². The third-order valence-electron chi connectivity index (χ3n) is 4.97. The number of nitriles is 1. The van der Waals surface area contributed by atoms with Crippen LogP contribution in [0.2, 0.25) is 0 Å². The molecule has 154 valence electrons. The van der Waals surface area contributed by atoms with Crippen molar-refractivity contribution in [1.82, 2.24) is 14.7 Å². The Morgan fingerprint density at radius 1 is 0.969 bits per heavy atom. The van der Waals surface area contributed by atoms with Crippen LogP contribution in [-0.4, -0.2) is 14.7 Å². The van der Waals surface area contributed by atoms with Gasteiger partial charge in [0.1, 0.15) is 11.5 Å². The van der Waals surface area contributed by atoms with E-state index in [0.717, 1.165) is 11.3 Å². The molecule has 0 aliphatic carbocycles. The van der Waals surface area contributed by atoms with Gasteiger partial charge < -0.3 is 4.52 Å². The fourth-order valence-corrected chi connectivity index (χ4v) is 4.27. The lowest BCUT2D eigenvalue weighted by molar-refractivity contribution is 0.397. The van der Waals surface area contributed by atoms with Crippen LogP contribution >= 0.6 is 11.8 Å². The quantitative estimate of drug-likeness (QED) is 0.278. The smallest absolute Gasteiger partial charge is 0.266 e. The van der Waals surface area contributed by atoms with E-state index in [-0.39, 0.29) is 5.56 Å². The summed E-state index contributed by atoms with van der Waals surface area (Å²) in [7, 11) is 0. The maximum atomic E-state index is 13.3. The molecule has 2 aromatic heterocycles. The molecular weight excluding hydrogens is 420 g/mol. The Hall–Kier alpha value is -4.15. The molecule has 6 nitrogen and oxygen atoms in total. The molecule has 0 bridgehead atoms. The van der Waals surface area contributed by atoms with Crippen LogP contribution in [0.4, 0.5) is 0 Å². The van der Waals surface area contributed by atoms with Crippen molar-refractivity contribution < 1.29 is 4.52 Å². The van der Waals surface area contributed by atoms with Gasteiger partial charge in [0.05, 0.1) is 34.0 Å². The molecule has 3 aromatic carbocycles. The van der Waals surface area contributed by atoms with Crippen molar-refractivity contribution in [2.24, 2.45) is 0 Å². The Bertz CT molecular complexity index is 1500. The van der Waals surface area contributed by atoms with Gasteiger partial charge in [0, 0.05) is 11.6 Å². The molecule has 0 atom stereocenters. The van der Waals surface area contributed by atoms with Crippen LogP contribution in [0.1, 0.15) is 11.3 Å². The Morgan fingerprint density at radius 2 is 1.72 bits per heavy atom. The van der Waals surface area contributed by atoms with Crippen LogP contribution in [0.3, 0.4) is 0 Å². The number of hydrogen-bond donors (Lipinski definition) is 0. The zero-order chi connectivity index (χ0) is 21.9. The fraction of sp³-hybridized carbons (Fsp3) is 0.0400. The summed E-state index contributed by atoms with van der Waals surface area (Å²) >= 11 is 1.40. The number of thioether (sulfide) groups is 1. The normalized spacial score (nSPS) is 10.8. The molecule has 32 heavy (non-hydrogen) atoms. The number of fused-ring (bicyclic) bond motifs is 1. The van der Waals surface area contributed by atoms with E-state index < -0.39 is 0 Å². The standard InChI is InChI=1S/C25H16N4O2S/c26-15-17-10-12-19(13-11-17)29-24(30)21-8-4-5-9-22(21)27-25(29)32-16-20-14-23(28-31-20)18-6-2-1-3-7-18/h1-14H,16H2. The average molecular weight is 436 g/mol. The van der Waals surface area contributed by atoms with Crippen molar-refractivity contribution >= 4 is 22.7 Å². The van der Waals surface area contributed by atoms with Gasteiger partial charge in [-0.15, -0.1) is 0 Å². The minimum absolute atomic E-state index is 0.162. The van der Waals surface area contributed by atoms with Crippen LogP contribution in [0.15, 0.2) is 99.4 Å². The Morgan fingerprint density at radius 3 is 2.50 bits per heavy atom. The number of para-hydroxylation sites is 1. The second kappa shape index (κ2) is 8.53. The highest BCUT2D eigenvalue weighted by Crippen LogP contribution is 2.27. The lowest BCUT2D eigenvalue weighted by Gasteiger charge is -2.12. The summed E-state index contributed by atoms with van der Waals surface area (Å²) in [6.07, 6.45) is 0. The molecule has 0 radical (unpaired) electrons. The number of nitrogens with zero attached hydrogens (tertiary/aromatic N) is 4. The summed E-state index contributed by atoms with van der Waals surface area (Å²) in [5.74, 6) is 1.14. The molecule has 5 rings (SSSR count). The average Bonchev–Trinajstić information content (AvgIpc) is 3.33. The van der Waals surface area contributed by atoms with Crippen LogP contribution in [-0.2, 0) is 5.75 Å². The van der Waals surface area contributed by atoms with Gasteiger partial charge in [-0.3, -0.25) is 9.36 Å². The van der Waals surface area contributed by atoms with Crippen molar-refractivity contribution in [3.05, 3.63) is 107 Å².